The first-order valence-corrected chi connectivity index (χ1v) is 3.70. The summed E-state index contributed by atoms with van der Waals surface area (Å²) >= 11 is 0. The standard InChI is InChI=1S/C6H11N3O3/c1-2-4(10)3-9-5(11)7-8-6(9)12/h4,10H,2-3H2,1H3,(H,7,11)(H,8,12). The van der Waals surface area contributed by atoms with Gasteiger partial charge >= 0.3 is 11.4 Å². The van der Waals surface area contributed by atoms with Crippen molar-refractivity contribution in [3.8, 4) is 0 Å². The summed E-state index contributed by atoms with van der Waals surface area (Å²) in [5, 5.41) is 13.4. The summed E-state index contributed by atoms with van der Waals surface area (Å²) in [6.45, 7) is 1.81. The maximum Gasteiger partial charge on any atom is 0.344 e. The highest BCUT2D eigenvalue weighted by molar-refractivity contribution is 4.67. The van der Waals surface area contributed by atoms with E-state index >= 15 is 0 Å². The minimum Gasteiger partial charge on any atom is -0.391 e. The second kappa shape index (κ2) is 3.40. The molecule has 1 atom stereocenters. The number of nitrogens with zero attached hydrogens (tertiary/aromatic N) is 1. The van der Waals surface area contributed by atoms with Gasteiger partial charge in [-0.1, -0.05) is 6.92 Å². The molecule has 0 bridgehead atoms. The average molecular weight is 173 g/mol. The van der Waals surface area contributed by atoms with Crippen LogP contribution in [0.5, 0.6) is 0 Å². The van der Waals surface area contributed by atoms with E-state index in [1.54, 1.807) is 6.92 Å². The van der Waals surface area contributed by atoms with Crippen LogP contribution in [0.3, 0.4) is 0 Å². The van der Waals surface area contributed by atoms with Crippen LogP contribution in [-0.4, -0.2) is 26.0 Å². The fourth-order valence-electron chi connectivity index (χ4n) is 0.840. The molecule has 1 aromatic rings. The van der Waals surface area contributed by atoms with Gasteiger partial charge in [0.2, 0.25) is 0 Å². The summed E-state index contributed by atoms with van der Waals surface area (Å²) < 4.78 is 0.925. The van der Waals surface area contributed by atoms with E-state index in [4.69, 9.17) is 5.11 Å². The molecule has 0 saturated heterocycles. The smallest absolute Gasteiger partial charge is 0.344 e. The molecule has 0 aliphatic carbocycles. The molecule has 6 nitrogen and oxygen atoms in total. The molecule has 0 spiro atoms. The van der Waals surface area contributed by atoms with Crippen LogP contribution < -0.4 is 11.4 Å². The van der Waals surface area contributed by atoms with Crippen molar-refractivity contribution < 1.29 is 5.11 Å². The van der Waals surface area contributed by atoms with Gasteiger partial charge in [-0.2, -0.15) is 0 Å². The molecular formula is C6H11N3O3. The van der Waals surface area contributed by atoms with E-state index in [9.17, 15) is 9.59 Å². The lowest BCUT2D eigenvalue weighted by Gasteiger charge is -2.04. The molecule has 0 aliphatic rings. The quantitative estimate of drug-likeness (QED) is 0.527. The normalized spacial score (nSPS) is 13.2. The third-order valence-corrected chi connectivity index (χ3v) is 1.63. The molecule has 1 rings (SSSR count). The molecule has 0 radical (unpaired) electrons. The van der Waals surface area contributed by atoms with Crippen LogP contribution >= 0.6 is 0 Å². The molecule has 1 heterocycles. The van der Waals surface area contributed by atoms with Crippen molar-refractivity contribution in [3.63, 3.8) is 0 Å². The number of rotatable bonds is 3. The molecular weight excluding hydrogens is 162 g/mol. The first-order valence-electron chi connectivity index (χ1n) is 3.70. The van der Waals surface area contributed by atoms with E-state index < -0.39 is 17.5 Å². The number of aliphatic hydroxyl groups excluding tert-OH is 1. The largest absolute Gasteiger partial charge is 0.391 e. The van der Waals surface area contributed by atoms with E-state index in [2.05, 4.69) is 10.2 Å². The monoisotopic (exact) mass is 173 g/mol. The fourth-order valence-corrected chi connectivity index (χ4v) is 0.840. The van der Waals surface area contributed by atoms with E-state index in [-0.39, 0.29) is 6.54 Å². The molecule has 0 aliphatic heterocycles. The van der Waals surface area contributed by atoms with Crippen molar-refractivity contribution in [3.05, 3.63) is 21.0 Å². The zero-order valence-electron chi connectivity index (χ0n) is 6.70. The lowest BCUT2D eigenvalue weighted by atomic mass is 10.3. The van der Waals surface area contributed by atoms with Gasteiger partial charge in [-0.15, -0.1) is 0 Å². The maximum atomic E-state index is 10.9. The van der Waals surface area contributed by atoms with Gasteiger partial charge in [-0.25, -0.2) is 24.4 Å². The Balaban J connectivity index is 2.88. The summed E-state index contributed by atoms with van der Waals surface area (Å²) in [5.74, 6) is 0. The van der Waals surface area contributed by atoms with E-state index in [1.165, 1.54) is 0 Å². The molecule has 3 N–H and O–H groups in total. The lowest BCUT2D eigenvalue weighted by Crippen LogP contribution is -2.31. The summed E-state index contributed by atoms with van der Waals surface area (Å²) in [4.78, 5) is 21.7. The Bertz CT molecular complexity index is 320. The summed E-state index contributed by atoms with van der Waals surface area (Å²) in [6.07, 6.45) is -0.142. The zero-order valence-corrected chi connectivity index (χ0v) is 6.70. The number of aliphatic hydroxyl groups is 1. The molecule has 68 valence electrons. The van der Waals surface area contributed by atoms with Crippen LogP contribution in [0.2, 0.25) is 0 Å². The van der Waals surface area contributed by atoms with Crippen LogP contribution in [0.15, 0.2) is 9.59 Å². The molecule has 0 aromatic carbocycles. The van der Waals surface area contributed by atoms with Crippen LogP contribution in [0.4, 0.5) is 0 Å². The van der Waals surface area contributed by atoms with E-state index in [0.717, 1.165) is 4.57 Å². The van der Waals surface area contributed by atoms with Crippen LogP contribution in [-0.2, 0) is 6.54 Å². The minimum atomic E-state index is -0.653. The summed E-state index contributed by atoms with van der Waals surface area (Å²) in [5.41, 5.74) is -1.04. The molecule has 6 heteroatoms. The van der Waals surface area contributed by atoms with Crippen molar-refractivity contribution in [2.75, 3.05) is 0 Å². The summed E-state index contributed by atoms with van der Waals surface area (Å²) in [6, 6.07) is 0. The predicted octanol–water partition coefficient (Wildman–Crippen LogP) is -1.36. The van der Waals surface area contributed by atoms with Gasteiger partial charge in [0.05, 0.1) is 12.6 Å². The van der Waals surface area contributed by atoms with Gasteiger partial charge in [0, 0.05) is 0 Å². The zero-order chi connectivity index (χ0) is 9.14. The van der Waals surface area contributed by atoms with Gasteiger partial charge in [0.15, 0.2) is 0 Å². The SMILES string of the molecule is CCC(O)Cn1c(=O)[nH][nH]c1=O. The molecule has 1 unspecified atom stereocenters. The molecule has 0 saturated carbocycles. The van der Waals surface area contributed by atoms with Crippen molar-refractivity contribution in [1.29, 1.82) is 0 Å². The number of aromatic nitrogens is 3. The first-order chi connectivity index (χ1) is 5.65. The Kier molecular flexibility index (Phi) is 2.49. The number of hydrogen-bond donors (Lipinski definition) is 3. The predicted molar refractivity (Wildman–Crippen MR) is 42.0 cm³/mol. The van der Waals surface area contributed by atoms with Crippen molar-refractivity contribution in [1.82, 2.24) is 14.8 Å². The molecule has 12 heavy (non-hydrogen) atoms. The Morgan fingerprint density at radius 3 is 2.33 bits per heavy atom. The number of hydrogen-bond acceptors (Lipinski definition) is 3. The van der Waals surface area contributed by atoms with Gasteiger partial charge in [0.1, 0.15) is 0 Å². The highest BCUT2D eigenvalue weighted by atomic mass is 16.3. The van der Waals surface area contributed by atoms with E-state index in [0.29, 0.717) is 6.42 Å². The lowest BCUT2D eigenvalue weighted by molar-refractivity contribution is 0.147. The third-order valence-electron chi connectivity index (χ3n) is 1.63. The third kappa shape index (κ3) is 1.65. The molecule has 1 aromatic heterocycles. The number of aromatic amines is 2. The Labute approximate surface area is 67.8 Å². The fraction of sp³-hybridized carbons (Fsp3) is 0.667. The topological polar surface area (TPSA) is 90.9 Å². The number of H-pyrrole nitrogens is 2. The molecule has 0 fully saturated rings. The Morgan fingerprint density at radius 1 is 1.42 bits per heavy atom. The van der Waals surface area contributed by atoms with Crippen molar-refractivity contribution >= 4 is 0 Å². The maximum absolute atomic E-state index is 10.9. The van der Waals surface area contributed by atoms with Crippen LogP contribution in [0, 0.1) is 0 Å². The van der Waals surface area contributed by atoms with Gasteiger partial charge in [-0.05, 0) is 6.42 Å². The highest BCUT2D eigenvalue weighted by Gasteiger charge is 2.07. The minimum absolute atomic E-state index is 0.0359. The van der Waals surface area contributed by atoms with Crippen molar-refractivity contribution in [2.24, 2.45) is 0 Å². The second-order valence-corrected chi connectivity index (χ2v) is 2.53. The van der Waals surface area contributed by atoms with Crippen LogP contribution in [0.1, 0.15) is 13.3 Å². The Morgan fingerprint density at radius 2 is 1.92 bits per heavy atom. The molecule has 0 amide bonds. The Hall–Kier alpha value is -1.30. The van der Waals surface area contributed by atoms with Gasteiger partial charge in [0.25, 0.3) is 0 Å². The van der Waals surface area contributed by atoms with Gasteiger partial charge < -0.3 is 5.11 Å². The van der Waals surface area contributed by atoms with Crippen LogP contribution in [0.25, 0.3) is 0 Å². The highest BCUT2D eigenvalue weighted by Crippen LogP contribution is 1.89. The van der Waals surface area contributed by atoms with Gasteiger partial charge in [-0.3, -0.25) is 0 Å². The summed E-state index contributed by atoms with van der Waals surface area (Å²) in [7, 11) is 0. The van der Waals surface area contributed by atoms with Crippen molar-refractivity contribution in [2.45, 2.75) is 26.0 Å². The number of nitrogens with one attached hydrogen (secondary N) is 2. The first kappa shape index (κ1) is 8.79. The average Bonchev–Trinajstić information content (AvgIpc) is 2.35. The van der Waals surface area contributed by atoms with E-state index in [1.807, 2.05) is 0 Å². The second-order valence-electron chi connectivity index (χ2n) is 2.53.